The molecular formula is C16H15NO5. The van der Waals surface area contributed by atoms with Crippen molar-refractivity contribution in [3.8, 4) is 5.75 Å². The summed E-state index contributed by atoms with van der Waals surface area (Å²) in [4.78, 5) is 21.9. The molecule has 0 radical (unpaired) electrons. The average Bonchev–Trinajstić information content (AvgIpc) is 2.55. The molecule has 114 valence electrons. The molecule has 0 aliphatic carbocycles. The number of nitro benzene ring substituents is 1. The molecule has 0 aliphatic rings. The maximum absolute atomic E-state index is 11.8. The molecule has 0 amide bonds. The van der Waals surface area contributed by atoms with Gasteiger partial charge in [0.1, 0.15) is 5.75 Å². The fraction of sp³-hybridized carbons (Fsp3) is 0.188. The van der Waals surface area contributed by atoms with E-state index in [0.717, 1.165) is 11.3 Å². The van der Waals surface area contributed by atoms with E-state index in [4.69, 9.17) is 9.47 Å². The lowest BCUT2D eigenvalue weighted by Gasteiger charge is -2.08. The summed E-state index contributed by atoms with van der Waals surface area (Å²) in [7, 11) is 1.59. The van der Waals surface area contributed by atoms with Crippen LogP contribution in [0.1, 0.15) is 15.9 Å². The number of benzene rings is 2. The quantitative estimate of drug-likeness (QED) is 0.465. The monoisotopic (exact) mass is 301 g/mol. The Kier molecular flexibility index (Phi) is 5.08. The molecule has 2 aromatic carbocycles. The van der Waals surface area contributed by atoms with Crippen molar-refractivity contribution in [3.63, 3.8) is 0 Å². The van der Waals surface area contributed by atoms with Gasteiger partial charge in [0.25, 0.3) is 5.69 Å². The number of ether oxygens (including phenoxy) is 2. The Morgan fingerprint density at radius 1 is 1.14 bits per heavy atom. The Morgan fingerprint density at radius 3 is 2.45 bits per heavy atom. The lowest BCUT2D eigenvalue weighted by Crippen LogP contribution is -2.08. The van der Waals surface area contributed by atoms with Crippen molar-refractivity contribution in [2.75, 3.05) is 13.7 Å². The number of carbonyl (C=O) groups excluding carboxylic acids is 1. The minimum absolute atomic E-state index is 0.0643. The standard InChI is InChI=1S/C16H15NO5/c1-21-15-5-3-2-4-12(15)10-11-22-16(18)13-6-8-14(9-7-13)17(19)20/h2-9H,10-11H2,1H3. The summed E-state index contributed by atoms with van der Waals surface area (Å²) in [5, 5.41) is 10.5. The highest BCUT2D eigenvalue weighted by Gasteiger charge is 2.11. The first-order valence-corrected chi connectivity index (χ1v) is 6.65. The Labute approximate surface area is 127 Å². The Morgan fingerprint density at radius 2 is 1.82 bits per heavy atom. The second-order valence-electron chi connectivity index (χ2n) is 4.50. The molecule has 0 N–H and O–H groups in total. The van der Waals surface area contributed by atoms with Gasteiger partial charge in [-0.25, -0.2) is 4.79 Å². The molecule has 0 bridgehead atoms. The predicted molar refractivity (Wildman–Crippen MR) is 80.1 cm³/mol. The molecule has 0 unspecified atom stereocenters. The largest absolute Gasteiger partial charge is 0.496 e. The Hall–Kier alpha value is -2.89. The molecule has 2 aromatic rings. The van der Waals surface area contributed by atoms with Gasteiger partial charge in [-0.15, -0.1) is 0 Å². The summed E-state index contributed by atoms with van der Waals surface area (Å²) in [5.74, 6) is 0.235. The molecule has 2 rings (SSSR count). The van der Waals surface area contributed by atoms with Crippen LogP contribution in [-0.2, 0) is 11.2 Å². The smallest absolute Gasteiger partial charge is 0.338 e. The van der Waals surface area contributed by atoms with Crippen molar-refractivity contribution in [1.82, 2.24) is 0 Å². The number of methoxy groups -OCH3 is 1. The van der Waals surface area contributed by atoms with E-state index in [-0.39, 0.29) is 17.9 Å². The van der Waals surface area contributed by atoms with Crippen LogP contribution in [0, 0.1) is 10.1 Å². The van der Waals surface area contributed by atoms with Gasteiger partial charge in [-0.3, -0.25) is 10.1 Å². The molecule has 6 heteroatoms. The minimum atomic E-state index is -0.517. The molecule has 0 atom stereocenters. The summed E-state index contributed by atoms with van der Waals surface area (Å²) in [6.07, 6.45) is 0.530. The number of carbonyl (C=O) groups is 1. The number of hydrogen-bond acceptors (Lipinski definition) is 5. The summed E-state index contributed by atoms with van der Waals surface area (Å²) in [5.41, 5.74) is 1.16. The Bertz CT molecular complexity index is 666. The van der Waals surface area contributed by atoms with Crippen LogP contribution in [0.2, 0.25) is 0 Å². The first-order valence-electron chi connectivity index (χ1n) is 6.65. The molecule has 6 nitrogen and oxygen atoms in total. The van der Waals surface area contributed by atoms with Crippen molar-refractivity contribution in [2.24, 2.45) is 0 Å². The highest BCUT2D eigenvalue weighted by Crippen LogP contribution is 2.18. The van der Waals surface area contributed by atoms with Crippen LogP contribution in [0.5, 0.6) is 5.75 Å². The minimum Gasteiger partial charge on any atom is -0.496 e. The number of nitro groups is 1. The van der Waals surface area contributed by atoms with Crippen molar-refractivity contribution < 1.29 is 19.2 Å². The number of hydrogen-bond donors (Lipinski definition) is 0. The summed E-state index contributed by atoms with van der Waals surface area (Å²) in [6.45, 7) is 0.205. The van der Waals surface area contributed by atoms with Gasteiger partial charge in [-0.1, -0.05) is 18.2 Å². The second-order valence-corrected chi connectivity index (χ2v) is 4.50. The van der Waals surface area contributed by atoms with Gasteiger partial charge in [-0.05, 0) is 23.8 Å². The molecule has 0 saturated heterocycles. The van der Waals surface area contributed by atoms with Crippen LogP contribution in [0.4, 0.5) is 5.69 Å². The molecular weight excluding hydrogens is 286 g/mol. The number of non-ortho nitro benzene ring substituents is 1. The fourth-order valence-corrected chi connectivity index (χ4v) is 1.97. The van der Waals surface area contributed by atoms with Gasteiger partial charge in [0, 0.05) is 18.6 Å². The second kappa shape index (κ2) is 7.21. The molecule has 0 aliphatic heterocycles. The van der Waals surface area contributed by atoms with Crippen LogP contribution in [0.3, 0.4) is 0 Å². The topological polar surface area (TPSA) is 78.7 Å². The van der Waals surface area contributed by atoms with Crippen molar-refractivity contribution >= 4 is 11.7 Å². The normalized spacial score (nSPS) is 10.0. The van der Waals surface area contributed by atoms with Gasteiger partial charge in [-0.2, -0.15) is 0 Å². The third kappa shape index (κ3) is 3.82. The number of nitrogens with zero attached hydrogens (tertiary/aromatic N) is 1. The van der Waals surface area contributed by atoms with E-state index >= 15 is 0 Å². The van der Waals surface area contributed by atoms with Crippen molar-refractivity contribution in [2.45, 2.75) is 6.42 Å². The molecule has 0 heterocycles. The summed E-state index contributed by atoms with van der Waals surface area (Å²) >= 11 is 0. The van der Waals surface area contributed by atoms with Gasteiger partial charge in [0.15, 0.2) is 0 Å². The van der Waals surface area contributed by atoms with E-state index < -0.39 is 10.9 Å². The molecule has 22 heavy (non-hydrogen) atoms. The predicted octanol–water partition coefficient (Wildman–Crippen LogP) is 3.00. The molecule has 0 aromatic heterocycles. The van der Waals surface area contributed by atoms with E-state index in [1.165, 1.54) is 24.3 Å². The van der Waals surface area contributed by atoms with E-state index in [2.05, 4.69) is 0 Å². The lowest BCUT2D eigenvalue weighted by molar-refractivity contribution is -0.384. The van der Waals surface area contributed by atoms with Crippen LogP contribution in [-0.4, -0.2) is 24.6 Å². The zero-order valence-corrected chi connectivity index (χ0v) is 12.0. The maximum Gasteiger partial charge on any atom is 0.338 e. The lowest BCUT2D eigenvalue weighted by atomic mass is 10.1. The first-order chi connectivity index (χ1) is 10.6. The van der Waals surface area contributed by atoms with E-state index in [1.54, 1.807) is 7.11 Å². The van der Waals surface area contributed by atoms with Gasteiger partial charge < -0.3 is 9.47 Å². The maximum atomic E-state index is 11.8. The first kappa shape index (κ1) is 15.5. The zero-order chi connectivity index (χ0) is 15.9. The molecule has 0 fully saturated rings. The SMILES string of the molecule is COc1ccccc1CCOC(=O)c1ccc([N+](=O)[O-])cc1. The number of para-hydroxylation sites is 1. The highest BCUT2D eigenvalue weighted by atomic mass is 16.6. The van der Waals surface area contributed by atoms with Crippen molar-refractivity contribution in [1.29, 1.82) is 0 Å². The van der Waals surface area contributed by atoms with Gasteiger partial charge >= 0.3 is 5.97 Å². The summed E-state index contributed by atoms with van der Waals surface area (Å²) < 4.78 is 10.4. The van der Waals surface area contributed by atoms with E-state index in [9.17, 15) is 14.9 Å². The van der Waals surface area contributed by atoms with Crippen LogP contribution in [0.15, 0.2) is 48.5 Å². The zero-order valence-electron chi connectivity index (χ0n) is 12.0. The Balaban J connectivity index is 1.91. The van der Waals surface area contributed by atoms with Gasteiger partial charge in [0.2, 0.25) is 0 Å². The molecule has 0 saturated carbocycles. The van der Waals surface area contributed by atoms with Crippen LogP contribution < -0.4 is 4.74 Å². The van der Waals surface area contributed by atoms with E-state index in [1.807, 2.05) is 24.3 Å². The van der Waals surface area contributed by atoms with Gasteiger partial charge in [0.05, 0.1) is 24.2 Å². The number of esters is 1. The third-order valence-electron chi connectivity index (χ3n) is 3.11. The van der Waals surface area contributed by atoms with E-state index in [0.29, 0.717) is 6.42 Å². The van der Waals surface area contributed by atoms with Crippen LogP contribution >= 0.6 is 0 Å². The molecule has 0 spiro atoms. The van der Waals surface area contributed by atoms with Crippen LogP contribution in [0.25, 0.3) is 0 Å². The highest BCUT2D eigenvalue weighted by molar-refractivity contribution is 5.89. The third-order valence-corrected chi connectivity index (χ3v) is 3.11. The summed E-state index contributed by atoms with van der Waals surface area (Å²) in [6, 6.07) is 12.8. The average molecular weight is 301 g/mol. The fourth-order valence-electron chi connectivity index (χ4n) is 1.97. The van der Waals surface area contributed by atoms with Crippen molar-refractivity contribution in [3.05, 3.63) is 69.8 Å². The number of rotatable bonds is 6.